The third-order valence-electron chi connectivity index (χ3n) is 11.9. The highest BCUT2D eigenvalue weighted by atomic mass is 14.9. The lowest BCUT2D eigenvalue weighted by Gasteiger charge is -2.34. The summed E-state index contributed by atoms with van der Waals surface area (Å²) in [5.41, 5.74) is 12.3. The highest BCUT2D eigenvalue weighted by molar-refractivity contribution is 6.30. The van der Waals surface area contributed by atoms with Gasteiger partial charge in [-0.2, -0.15) is 0 Å². The Hall–Kier alpha value is -6.58. The number of hydrogen-bond donors (Lipinski definition) is 0. The molecule has 2 unspecified atom stereocenters. The minimum absolute atomic E-state index is 0.00396. The van der Waals surface area contributed by atoms with Gasteiger partial charge < -0.3 is 4.40 Å². The van der Waals surface area contributed by atoms with Gasteiger partial charge in [0.25, 0.3) is 0 Å². The van der Waals surface area contributed by atoms with Crippen molar-refractivity contribution in [2.75, 3.05) is 0 Å². The molecular formula is C49H31N3. The molecule has 3 nitrogen and oxygen atoms in total. The SMILES string of the molecule is CC1c2ccccc2-c2c(cc3c4ccc5ccccc5c4n4c5ccccc5c2c34)C1c1nc(-c2ccc3ccccc3c2)nc2ccccc12. The third-order valence-corrected chi connectivity index (χ3v) is 11.9. The number of nitrogens with zero attached hydrogens (tertiary/aromatic N) is 3. The van der Waals surface area contributed by atoms with Crippen LogP contribution in [0.4, 0.5) is 0 Å². The molecule has 0 radical (unpaired) electrons. The van der Waals surface area contributed by atoms with Crippen LogP contribution in [0.5, 0.6) is 0 Å². The second-order valence-corrected chi connectivity index (χ2v) is 14.5. The van der Waals surface area contributed by atoms with E-state index < -0.39 is 0 Å². The van der Waals surface area contributed by atoms with E-state index in [0.29, 0.717) is 0 Å². The van der Waals surface area contributed by atoms with Crippen LogP contribution < -0.4 is 0 Å². The van der Waals surface area contributed by atoms with Crippen molar-refractivity contribution < 1.29 is 0 Å². The Morgan fingerprint density at radius 2 is 1.21 bits per heavy atom. The summed E-state index contributed by atoms with van der Waals surface area (Å²) in [5, 5.41) is 11.3. The quantitative estimate of drug-likeness (QED) is 0.185. The second kappa shape index (κ2) is 10.2. The highest BCUT2D eigenvalue weighted by Gasteiger charge is 2.37. The van der Waals surface area contributed by atoms with Crippen LogP contribution in [-0.4, -0.2) is 14.4 Å². The normalized spacial score (nSPS) is 15.8. The van der Waals surface area contributed by atoms with Crippen LogP contribution in [-0.2, 0) is 0 Å². The lowest BCUT2D eigenvalue weighted by atomic mass is 9.69. The van der Waals surface area contributed by atoms with Gasteiger partial charge in [-0.25, -0.2) is 9.97 Å². The average molecular weight is 662 g/mol. The molecule has 3 aromatic heterocycles. The molecule has 1 aliphatic carbocycles. The molecule has 0 spiro atoms. The first kappa shape index (κ1) is 28.2. The fraction of sp³-hybridized carbons (Fsp3) is 0.0612. The Balaban J connectivity index is 1.24. The molecule has 0 saturated carbocycles. The van der Waals surface area contributed by atoms with Gasteiger partial charge in [0.2, 0.25) is 0 Å². The van der Waals surface area contributed by atoms with Gasteiger partial charge in [-0.3, -0.25) is 0 Å². The lowest BCUT2D eigenvalue weighted by molar-refractivity contribution is 0.639. The molecule has 0 amide bonds. The predicted molar refractivity (Wildman–Crippen MR) is 217 cm³/mol. The van der Waals surface area contributed by atoms with Crippen LogP contribution in [0.2, 0.25) is 0 Å². The molecule has 0 aliphatic heterocycles. The van der Waals surface area contributed by atoms with Gasteiger partial charge in [0.05, 0.1) is 27.8 Å². The fourth-order valence-electron chi connectivity index (χ4n) is 9.63. The van der Waals surface area contributed by atoms with Gasteiger partial charge in [0.1, 0.15) is 0 Å². The van der Waals surface area contributed by atoms with Gasteiger partial charge in [0.15, 0.2) is 5.82 Å². The zero-order chi connectivity index (χ0) is 34.1. The molecule has 3 heterocycles. The van der Waals surface area contributed by atoms with E-state index in [9.17, 15) is 0 Å². The van der Waals surface area contributed by atoms with Crippen LogP contribution in [0.3, 0.4) is 0 Å². The van der Waals surface area contributed by atoms with Crippen molar-refractivity contribution in [3.8, 4) is 22.5 Å². The van der Waals surface area contributed by atoms with Gasteiger partial charge in [0, 0.05) is 43.8 Å². The van der Waals surface area contributed by atoms with Crippen molar-refractivity contribution in [2.45, 2.75) is 18.8 Å². The van der Waals surface area contributed by atoms with Crippen LogP contribution in [0.25, 0.3) is 93.1 Å². The monoisotopic (exact) mass is 661 g/mol. The Kier molecular flexibility index (Phi) is 5.55. The molecule has 12 rings (SSSR count). The number of aromatic nitrogens is 3. The van der Waals surface area contributed by atoms with E-state index in [1.54, 1.807) is 0 Å². The highest BCUT2D eigenvalue weighted by Crippen LogP contribution is 2.56. The van der Waals surface area contributed by atoms with Gasteiger partial charge in [-0.05, 0) is 68.6 Å². The van der Waals surface area contributed by atoms with E-state index in [1.807, 2.05) is 0 Å². The van der Waals surface area contributed by atoms with E-state index >= 15 is 0 Å². The van der Waals surface area contributed by atoms with E-state index in [-0.39, 0.29) is 11.8 Å². The van der Waals surface area contributed by atoms with Crippen molar-refractivity contribution in [1.29, 1.82) is 0 Å². The summed E-state index contributed by atoms with van der Waals surface area (Å²) in [6.45, 7) is 2.40. The summed E-state index contributed by atoms with van der Waals surface area (Å²) in [6.07, 6.45) is 0. The Morgan fingerprint density at radius 3 is 2.12 bits per heavy atom. The lowest BCUT2D eigenvalue weighted by Crippen LogP contribution is -2.19. The number of hydrogen-bond acceptors (Lipinski definition) is 2. The summed E-state index contributed by atoms with van der Waals surface area (Å²) in [7, 11) is 0. The molecule has 0 N–H and O–H groups in total. The molecule has 8 aromatic carbocycles. The number of para-hydroxylation sites is 2. The summed E-state index contributed by atoms with van der Waals surface area (Å²) in [4.78, 5) is 10.8. The molecule has 242 valence electrons. The maximum Gasteiger partial charge on any atom is 0.160 e. The van der Waals surface area contributed by atoms with E-state index in [1.165, 1.54) is 81.9 Å². The van der Waals surface area contributed by atoms with Gasteiger partial charge in [-0.15, -0.1) is 0 Å². The van der Waals surface area contributed by atoms with Gasteiger partial charge in [-0.1, -0.05) is 140 Å². The third kappa shape index (κ3) is 3.64. The standard InChI is InChI=1S/C49H31N3/c1-28-33-15-6-7-17-35(33)44-40(43(28)46-37-18-8-10-20-41(37)50-49(51-46)32-23-22-29-12-2-3-14-31(29)26-32)27-39-36-25-24-30-13-4-5-16-34(30)47(36)52-42-21-11-9-19-38(42)45(44)48(39)52/h2-28,43H,1H3. The smallest absolute Gasteiger partial charge is 0.160 e. The van der Waals surface area contributed by atoms with Crippen molar-refractivity contribution in [3.63, 3.8) is 0 Å². The second-order valence-electron chi connectivity index (χ2n) is 14.5. The van der Waals surface area contributed by atoms with Crippen LogP contribution in [0, 0.1) is 0 Å². The number of benzene rings is 8. The van der Waals surface area contributed by atoms with Crippen LogP contribution in [0.15, 0.2) is 158 Å². The zero-order valence-corrected chi connectivity index (χ0v) is 28.5. The first-order valence-electron chi connectivity index (χ1n) is 18.2. The Morgan fingerprint density at radius 1 is 0.500 bits per heavy atom. The summed E-state index contributed by atoms with van der Waals surface area (Å²) < 4.78 is 2.55. The summed E-state index contributed by atoms with van der Waals surface area (Å²) in [5.74, 6) is 0.956. The van der Waals surface area contributed by atoms with Crippen molar-refractivity contribution in [2.24, 2.45) is 0 Å². The molecule has 3 heteroatoms. The minimum Gasteiger partial charge on any atom is -0.307 e. The molecule has 11 aromatic rings. The number of rotatable bonds is 2. The van der Waals surface area contributed by atoms with Crippen LogP contribution >= 0.6 is 0 Å². The maximum absolute atomic E-state index is 5.59. The first-order chi connectivity index (χ1) is 25.7. The molecule has 1 aliphatic rings. The average Bonchev–Trinajstić information content (AvgIpc) is 3.72. The van der Waals surface area contributed by atoms with E-state index in [0.717, 1.165) is 28.0 Å². The summed E-state index contributed by atoms with van der Waals surface area (Å²) in [6, 6.07) is 57.7. The predicted octanol–water partition coefficient (Wildman–Crippen LogP) is 12.7. The van der Waals surface area contributed by atoms with Gasteiger partial charge >= 0.3 is 0 Å². The van der Waals surface area contributed by atoms with Crippen molar-refractivity contribution >= 4 is 70.5 Å². The van der Waals surface area contributed by atoms with Crippen molar-refractivity contribution in [1.82, 2.24) is 14.4 Å². The van der Waals surface area contributed by atoms with E-state index in [2.05, 4.69) is 169 Å². The Bertz CT molecular complexity index is 3280. The minimum atomic E-state index is 0.00396. The maximum atomic E-state index is 5.59. The number of fused-ring (bicyclic) bond motifs is 14. The van der Waals surface area contributed by atoms with E-state index in [4.69, 9.17) is 9.97 Å². The topological polar surface area (TPSA) is 30.2 Å². The summed E-state index contributed by atoms with van der Waals surface area (Å²) >= 11 is 0. The Labute approximate surface area is 299 Å². The zero-order valence-electron chi connectivity index (χ0n) is 28.5. The largest absolute Gasteiger partial charge is 0.307 e. The molecule has 0 fully saturated rings. The first-order valence-corrected chi connectivity index (χ1v) is 18.2. The molecule has 0 bridgehead atoms. The molecule has 0 saturated heterocycles. The molecule has 2 atom stereocenters. The molecular weight excluding hydrogens is 631 g/mol. The molecule has 52 heavy (non-hydrogen) atoms. The van der Waals surface area contributed by atoms with Crippen LogP contribution in [0.1, 0.15) is 35.6 Å². The van der Waals surface area contributed by atoms with Crippen molar-refractivity contribution in [3.05, 3.63) is 175 Å². The fourth-order valence-corrected chi connectivity index (χ4v) is 9.63.